The van der Waals surface area contributed by atoms with E-state index in [0.29, 0.717) is 5.82 Å². The van der Waals surface area contributed by atoms with E-state index < -0.39 is 5.97 Å². The van der Waals surface area contributed by atoms with Crippen molar-refractivity contribution < 1.29 is 14.1 Å². The number of aromatic nitrogens is 2. The van der Waals surface area contributed by atoms with E-state index in [-0.39, 0.29) is 17.3 Å². The summed E-state index contributed by atoms with van der Waals surface area (Å²) >= 11 is 0. The molecule has 2 N–H and O–H groups in total. The van der Waals surface area contributed by atoms with Gasteiger partial charge in [-0.1, -0.05) is 69.9 Å². The standard InChI is InChI=1S/C11H14BN.C8H12N2O3.C2H6/c12-9-5-6-10-8(7-9)3-1-2-4-11(10)13;1-8(2,3)7-9-5(13-10-7)6(11)12-4;1-2/h5-7,11H,1-4,13H2;1-4H3;1-2H3. The highest BCUT2D eigenvalue weighted by atomic mass is 16.6. The predicted molar refractivity (Wildman–Crippen MR) is 112 cm³/mol. The summed E-state index contributed by atoms with van der Waals surface area (Å²) in [6.45, 7) is 9.79. The Kier molecular flexibility index (Phi) is 9.39. The summed E-state index contributed by atoms with van der Waals surface area (Å²) in [6, 6.07) is 6.32. The fraction of sp³-hybridized carbons (Fsp3) is 0.571. The molecule has 2 radical (unpaired) electrons. The molecule has 0 fully saturated rings. The average Bonchev–Trinajstić information content (AvgIpc) is 3.10. The zero-order valence-electron chi connectivity index (χ0n) is 17.9. The van der Waals surface area contributed by atoms with Crippen molar-refractivity contribution in [3.8, 4) is 0 Å². The molecule has 1 atom stereocenters. The van der Waals surface area contributed by atoms with Crippen molar-refractivity contribution in [1.82, 2.24) is 10.1 Å². The van der Waals surface area contributed by atoms with E-state index in [4.69, 9.17) is 18.1 Å². The number of ether oxygens (including phenoxy) is 1. The lowest BCUT2D eigenvalue weighted by atomic mass is 9.89. The molecule has 3 rings (SSSR count). The first-order chi connectivity index (χ1) is 13.2. The van der Waals surface area contributed by atoms with Crippen LogP contribution in [0.15, 0.2) is 22.7 Å². The van der Waals surface area contributed by atoms with Crippen LogP contribution in [0.2, 0.25) is 0 Å². The lowest BCUT2D eigenvalue weighted by molar-refractivity contribution is 0.0545. The van der Waals surface area contributed by atoms with Crippen LogP contribution in [0.3, 0.4) is 0 Å². The highest BCUT2D eigenvalue weighted by Gasteiger charge is 2.23. The fourth-order valence-electron chi connectivity index (χ4n) is 2.74. The maximum absolute atomic E-state index is 10.9. The number of fused-ring (bicyclic) bond motifs is 1. The minimum Gasteiger partial charge on any atom is -0.462 e. The molecule has 1 aromatic heterocycles. The minimum atomic E-state index is -0.608. The second-order valence-electron chi connectivity index (χ2n) is 7.48. The molecule has 0 saturated carbocycles. The molecule has 0 amide bonds. The summed E-state index contributed by atoms with van der Waals surface area (Å²) in [5.74, 6) is -0.219. The largest absolute Gasteiger partial charge is 0.462 e. The van der Waals surface area contributed by atoms with Crippen molar-refractivity contribution in [2.45, 2.75) is 71.8 Å². The van der Waals surface area contributed by atoms with Crippen LogP contribution in [-0.2, 0) is 16.6 Å². The number of aryl methyl sites for hydroxylation is 1. The first kappa shape index (κ1) is 23.9. The normalized spacial score (nSPS) is 15.8. The number of nitrogens with zero attached hydrogens (tertiary/aromatic N) is 2. The van der Waals surface area contributed by atoms with Gasteiger partial charge in [0.05, 0.1) is 7.11 Å². The van der Waals surface area contributed by atoms with Crippen LogP contribution in [0.25, 0.3) is 0 Å². The number of methoxy groups -OCH3 is 1. The maximum Gasteiger partial charge on any atom is 0.397 e. The van der Waals surface area contributed by atoms with E-state index in [2.05, 4.69) is 27.0 Å². The molecule has 0 saturated heterocycles. The van der Waals surface area contributed by atoms with Gasteiger partial charge < -0.3 is 15.0 Å². The molecule has 0 aliphatic heterocycles. The Morgan fingerprint density at radius 1 is 1.29 bits per heavy atom. The first-order valence-electron chi connectivity index (χ1n) is 9.78. The van der Waals surface area contributed by atoms with Crippen molar-refractivity contribution >= 4 is 19.3 Å². The molecule has 7 heteroatoms. The molecule has 6 nitrogen and oxygen atoms in total. The number of nitrogens with two attached hydrogens (primary N) is 1. The van der Waals surface area contributed by atoms with Crippen LogP contribution < -0.4 is 11.2 Å². The van der Waals surface area contributed by atoms with Crippen molar-refractivity contribution in [1.29, 1.82) is 0 Å². The molecule has 1 aromatic carbocycles. The maximum atomic E-state index is 10.9. The summed E-state index contributed by atoms with van der Waals surface area (Å²) in [4.78, 5) is 14.8. The number of esters is 1. The van der Waals surface area contributed by atoms with Crippen LogP contribution in [0.4, 0.5) is 0 Å². The third-order valence-electron chi connectivity index (χ3n) is 4.23. The Hall–Kier alpha value is -2.15. The number of carbonyl (C=O) groups is 1. The SMILES string of the molecule is CC.COC(=O)c1nc(C(C)(C)C)no1.[B]c1ccc2c(c1)CCCCC2N. The van der Waals surface area contributed by atoms with Crippen LogP contribution in [0.5, 0.6) is 0 Å². The van der Waals surface area contributed by atoms with E-state index in [0.717, 1.165) is 18.3 Å². The average molecular weight is 385 g/mol. The molecule has 0 bridgehead atoms. The fourth-order valence-corrected chi connectivity index (χ4v) is 2.74. The van der Waals surface area contributed by atoms with Gasteiger partial charge in [-0.05, 0) is 30.4 Å². The molecule has 0 spiro atoms. The number of benzene rings is 1. The molecule has 1 heterocycles. The minimum absolute atomic E-state index is 0.104. The summed E-state index contributed by atoms with van der Waals surface area (Å²) in [5, 5.41) is 3.67. The third-order valence-corrected chi connectivity index (χ3v) is 4.23. The second-order valence-corrected chi connectivity index (χ2v) is 7.48. The van der Waals surface area contributed by atoms with E-state index in [1.54, 1.807) is 0 Å². The monoisotopic (exact) mass is 385 g/mol. The third kappa shape index (κ3) is 6.78. The Balaban J connectivity index is 0.000000257. The van der Waals surface area contributed by atoms with Gasteiger partial charge in [0.15, 0.2) is 5.82 Å². The second kappa shape index (κ2) is 11.0. The lowest BCUT2D eigenvalue weighted by Gasteiger charge is -2.12. The number of hydrogen-bond acceptors (Lipinski definition) is 6. The zero-order chi connectivity index (χ0) is 21.3. The van der Waals surface area contributed by atoms with Gasteiger partial charge in [0.2, 0.25) is 0 Å². The summed E-state index contributed by atoms with van der Waals surface area (Å²) < 4.78 is 9.14. The van der Waals surface area contributed by atoms with Crippen molar-refractivity contribution in [2.75, 3.05) is 7.11 Å². The molecule has 28 heavy (non-hydrogen) atoms. The smallest absolute Gasteiger partial charge is 0.397 e. The Morgan fingerprint density at radius 3 is 2.54 bits per heavy atom. The summed E-state index contributed by atoms with van der Waals surface area (Å²) in [7, 11) is 7.00. The predicted octanol–water partition coefficient (Wildman–Crippen LogP) is 3.39. The molecule has 152 valence electrons. The molecule has 1 aliphatic rings. The quantitative estimate of drug-likeness (QED) is 0.460. The van der Waals surface area contributed by atoms with E-state index in [1.165, 1.54) is 31.1 Å². The highest BCUT2D eigenvalue weighted by molar-refractivity contribution is 6.32. The van der Waals surface area contributed by atoms with Gasteiger partial charge in [-0.2, -0.15) is 4.98 Å². The molecular formula is C21H32BN3O3. The van der Waals surface area contributed by atoms with E-state index in [1.807, 2.05) is 40.7 Å². The Morgan fingerprint density at radius 2 is 1.96 bits per heavy atom. The van der Waals surface area contributed by atoms with Crippen molar-refractivity contribution in [3.63, 3.8) is 0 Å². The van der Waals surface area contributed by atoms with Crippen LogP contribution >= 0.6 is 0 Å². The zero-order valence-corrected chi connectivity index (χ0v) is 17.9. The van der Waals surface area contributed by atoms with Gasteiger partial charge in [0.1, 0.15) is 7.85 Å². The van der Waals surface area contributed by atoms with E-state index >= 15 is 0 Å². The highest BCUT2D eigenvalue weighted by Crippen LogP contribution is 2.25. The first-order valence-corrected chi connectivity index (χ1v) is 9.78. The van der Waals surface area contributed by atoms with Gasteiger partial charge >= 0.3 is 11.9 Å². The Bertz CT molecular complexity index is 754. The number of rotatable bonds is 1. The number of carbonyl (C=O) groups excluding carboxylic acids is 1. The van der Waals surface area contributed by atoms with Crippen LogP contribution in [-0.4, -0.2) is 31.1 Å². The van der Waals surface area contributed by atoms with E-state index in [9.17, 15) is 4.79 Å². The topological polar surface area (TPSA) is 91.2 Å². The van der Waals surface area contributed by atoms with Crippen molar-refractivity contribution in [3.05, 3.63) is 41.0 Å². The summed E-state index contributed by atoms with van der Waals surface area (Å²) in [6.07, 6.45) is 4.71. The van der Waals surface area contributed by atoms with Crippen LogP contribution in [0, 0.1) is 0 Å². The van der Waals surface area contributed by atoms with Gasteiger partial charge in [-0.15, -0.1) is 0 Å². The van der Waals surface area contributed by atoms with Gasteiger partial charge in [-0.25, -0.2) is 4.79 Å². The molecule has 1 aliphatic carbocycles. The molecule has 2 aromatic rings. The van der Waals surface area contributed by atoms with Gasteiger partial charge in [-0.3, -0.25) is 0 Å². The summed E-state index contributed by atoms with van der Waals surface area (Å²) in [5.41, 5.74) is 9.33. The number of hydrogen-bond donors (Lipinski definition) is 1. The van der Waals surface area contributed by atoms with Crippen molar-refractivity contribution in [2.24, 2.45) is 5.73 Å². The van der Waals surface area contributed by atoms with Gasteiger partial charge in [0.25, 0.3) is 0 Å². The molecular weight excluding hydrogens is 353 g/mol. The molecule has 1 unspecified atom stereocenters. The van der Waals surface area contributed by atoms with Crippen LogP contribution in [0.1, 0.15) is 87.6 Å². The van der Waals surface area contributed by atoms with Gasteiger partial charge in [0, 0.05) is 11.5 Å². The lowest BCUT2D eigenvalue weighted by Crippen LogP contribution is -2.13. The Labute approximate surface area is 169 Å².